The van der Waals surface area contributed by atoms with Crippen molar-refractivity contribution in [3.8, 4) is 0 Å². The third-order valence-electron chi connectivity index (χ3n) is 3.25. The molecule has 2 nitrogen and oxygen atoms in total. The minimum absolute atomic E-state index is 0.678. The largest absolute Gasteiger partial charge is 0.331 e. The first-order chi connectivity index (χ1) is 9.25. The summed E-state index contributed by atoms with van der Waals surface area (Å²) in [7, 11) is 0. The number of thiocarbonyl (C=S) groups is 1. The first kappa shape index (κ1) is 12.5. The number of hydrogen-bond acceptors (Lipinski definition) is 1. The lowest BCUT2D eigenvalue weighted by Crippen LogP contribution is -2.33. The lowest BCUT2D eigenvalue weighted by Gasteiger charge is -2.21. The Bertz CT molecular complexity index is 627. The molecule has 0 fully saturated rings. The zero-order valence-corrected chi connectivity index (χ0v) is 11.8. The summed E-state index contributed by atoms with van der Waals surface area (Å²) in [5, 5.41) is 4.59. The molecule has 0 atom stereocenters. The quantitative estimate of drug-likeness (QED) is 0.796. The maximum Gasteiger partial charge on any atom is 0.178 e. The first-order valence-corrected chi connectivity index (χ1v) is 6.95. The zero-order valence-electron chi connectivity index (χ0n) is 10.3. The minimum Gasteiger partial charge on any atom is -0.331 e. The van der Waals surface area contributed by atoms with Gasteiger partial charge in [-0.05, 0) is 42.4 Å². The normalized spacial score (nSPS) is 13.2. The van der Waals surface area contributed by atoms with Crippen LogP contribution in [0.1, 0.15) is 5.56 Å². The summed E-state index contributed by atoms with van der Waals surface area (Å²) in [6.45, 7) is 0.912. The number of halogens is 1. The Morgan fingerprint density at radius 2 is 1.84 bits per heavy atom. The molecule has 0 aromatic heterocycles. The maximum atomic E-state index is 6.13. The van der Waals surface area contributed by atoms with E-state index in [1.807, 2.05) is 30.3 Å². The Kier molecular flexibility index (Phi) is 3.40. The standard InChI is InChI=1S/C15H13ClN2S/c16-12-6-2-3-7-13(12)17-15(19)18-10-9-11-5-1-4-8-14(11)18/h1-8H,9-10H2,(H,17,19). The van der Waals surface area contributed by atoms with Gasteiger partial charge in [-0.15, -0.1) is 0 Å². The third-order valence-corrected chi connectivity index (χ3v) is 3.90. The first-order valence-electron chi connectivity index (χ1n) is 6.16. The fraction of sp³-hybridized carbons (Fsp3) is 0.133. The van der Waals surface area contributed by atoms with Gasteiger partial charge in [-0.25, -0.2) is 0 Å². The van der Waals surface area contributed by atoms with Gasteiger partial charge in [0.15, 0.2) is 5.11 Å². The molecule has 0 spiro atoms. The van der Waals surface area contributed by atoms with Crippen molar-refractivity contribution < 1.29 is 0 Å². The van der Waals surface area contributed by atoms with Crippen LogP contribution in [-0.4, -0.2) is 11.7 Å². The average molecular weight is 289 g/mol. The molecule has 4 heteroatoms. The minimum atomic E-state index is 0.678. The molecule has 0 aliphatic carbocycles. The van der Waals surface area contributed by atoms with Crippen molar-refractivity contribution in [3.63, 3.8) is 0 Å². The molecule has 2 aromatic carbocycles. The predicted octanol–water partition coefficient (Wildman–Crippen LogP) is 4.10. The molecule has 1 N–H and O–H groups in total. The van der Waals surface area contributed by atoms with Gasteiger partial charge in [0.25, 0.3) is 0 Å². The van der Waals surface area contributed by atoms with Crippen LogP contribution in [0.4, 0.5) is 11.4 Å². The van der Waals surface area contributed by atoms with Gasteiger partial charge in [-0.2, -0.15) is 0 Å². The van der Waals surface area contributed by atoms with Gasteiger partial charge in [0, 0.05) is 12.2 Å². The second-order valence-corrected chi connectivity index (χ2v) is 5.23. The summed E-state index contributed by atoms with van der Waals surface area (Å²) in [5.41, 5.74) is 3.37. The van der Waals surface area contributed by atoms with Crippen LogP contribution in [0.3, 0.4) is 0 Å². The number of rotatable bonds is 1. The summed E-state index contributed by atoms with van der Waals surface area (Å²) in [6.07, 6.45) is 1.03. The van der Waals surface area contributed by atoms with Crippen LogP contribution < -0.4 is 10.2 Å². The van der Waals surface area contributed by atoms with Crippen molar-refractivity contribution in [2.75, 3.05) is 16.8 Å². The van der Waals surface area contributed by atoms with Crippen LogP contribution in [0.5, 0.6) is 0 Å². The number of para-hydroxylation sites is 2. The van der Waals surface area contributed by atoms with Crippen LogP contribution in [0.15, 0.2) is 48.5 Å². The number of hydrogen-bond donors (Lipinski definition) is 1. The molecule has 0 amide bonds. The number of benzene rings is 2. The van der Waals surface area contributed by atoms with E-state index in [1.54, 1.807) is 0 Å². The number of fused-ring (bicyclic) bond motifs is 1. The number of nitrogens with one attached hydrogen (secondary N) is 1. The lowest BCUT2D eigenvalue weighted by molar-refractivity contribution is 1.03. The smallest absolute Gasteiger partial charge is 0.178 e. The Labute approximate surface area is 123 Å². The average Bonchev–Trinajstić information content (AvgIpc) is 2.85. The highest BCUT2D eigenvalue weighted by atomic mass is 35.5. The molecule has 0 saturated heterocycles. The van der Waals surface area contributed by atoms with Crippen LogP contribution in [0.2, 0.25) is 5.02 Å². The summed E-state index contributed by atoms with van der Waals surface area (Å²) in [6, 6.07) is 16.0. The SMILES string of the molecule is S=C(Nc1ccccc1Cl)N1CCc2ccccc21. The summed E-state index contributed by atoms with van der Waals surface area (Å²) in [4.78, 5) is 2.12. The van der Waals surface area contributed by atoms with Crippen molar-refractivity contribution in [2.45, 2.75) is 6.42 Å². The monoisotopic (exact) mass is 288 g/mol. The van der Waals surface area contributed by atoms with E-state index >= 15 is 0 Å². The fourth-order valence-electron chi connectivity index (χ4n) is 2.29. The van der Waals surface area contributed by atoms with E-state index in [9.17, 15) is 0 Å². The van der Waals surface area contributed by atoms with Crippen LogP contribution in [0.25, 0.3) is 0 Å². The highest BCUT2D eigenvalue weighted by Gasteiger charge is 2.21. The summed E-state index contributed by atoms with van der Waals surface area (Å²) in [5.74, 6) is 0. The zero-order chi connectivity index (χ0) is 13.2. The number of anilines is 2. The number of nitrogens with zero attached hydrogens (tertiary/aromatic N) is 1. The van der Waals surface area contributed by atoms with E-state index in [4.69, 9.17) is 23.8 Å². The van der Waals surface area contributed by atoms with Gasteiger partial charge in [0.2, 0.25) is 0 Å². The second-order valence-electron chi connectivity index (χ2n) is 4.44. The highest BCUT2D eigenvalue weighted by molar-refractivity contribution is 7.80. The molecule has 0 unspecified atom stereocenters. The van der Waals surface area contributed by atoms with Gasteiger partial charge in [0.1, 0.15) is 0 Å². The molecule has 0 radical (unpaired) electrons. The summed E-state index contributed by atoms with van der Waals surface area (Å²) < 4.78 is 0. The molecule has 1 aliphatic heterocycles. The van der Waals surface area contributed by atoms with E-state index in [0.29, 0.717) is 10.1 Å². The fourth-order valence-corrected chi connectivity index (χ4v) is 2.78. The van der Waals surface area contributed by atoms with Gasteiger partial charge in [-0.1, -0.05) is 41.9 Å². The topological polar surface area (TPSA) is 15.3 Å². The van der Waals surface area contributed by atoms with Gasteiger partial charge < -0.3 is 10.2 Å². The molecule has 1 heterocycles. The third kappa shape index (κ3) is 2.44. The van der Waals surface area contributed by atoms with Crippen LogP contribution in [-0.2, 0) is 6.42 Å². The van der Waals surface area contributed by atoms with Crippen LogP contribution >= 0.6 is 23.8 Å². The van der Waals surface area contributed by atoms with Gasteiger partial charge in [-0.3, -0.25) is 0 Å². The van der Waals surface area contributed by atoms with E-state index in [-0.39, 0.29) is 0 Å². The lowest BCUT2D eigenvalue weighted by atomic mass is 10.2. The Morgan fingerprint density at radius 3 is 2.68 bits per heavy atom. The molecule has 1 aliphatic rings. The predicted molar refractivity (Wildman–Crippen MR) is 85.2 cm³/mol. The molecule has 3 rings (SSSR count). The molecular formula is C15H13ClN2S. The van der Waals surface area contributed by atoms with Crippen molar-refractivity contribution in [2.24, 2.45) is 0 Å². The Balaban J connectivity index is 1.81. The second kappa shape index (κ2) is 5.19. The van der Waals surface area contributed by atoms with E-state index in [1.165, 1.54) is 11.3 Å². The van der Waals surface area contributed by atoms with E-state index < -0.39 is 0 Å². The maximum absolute atomic E-state index is 6.13. The van der Waals surface area contributed by atoms with Crippen molar-refractivity contribution in [1.82, 2.24) is 0 Å². The van der Waals surface area contributed by atoms with E-state index in [2.05, 4.69) is 28.4 Å². The van der Waals surface area contributed by atoms with Crippen molar-refractivity contribution in [1.29, 1.82) is 0 Å². The highest BCUT2D eigenvalue weighted by Crippen LogP contribution is 2.29. The van der Waals surface area contributed by atoms with Gasteiger partial charge >= 0.3 is 0 Å². The van der Waals surface area contributed by atoms with Crippen LogP contribution in [0, 0.1) is 0 Å². The molecule has 0 bridgehead atoms. The molecule has 0 saturated carbocycles. The van der Waals surface area contributed by atoms with E-state index in [0.717, 1.165) is 18.7 Å². The molecule has 96 valence electrons. The van der Waals surface area contributed by atoms with Crippen molar-refractivity contribution in [3.05, 3.63) is 59.1 Å². The summed E-state index contributed by atoms with van der Waals surface area (Å²) >= 11 is 11.6. The Hall–Kier alpha value is -1.58. The molecular weight excluding hydrogens is 276 g/mol. The Morgan fingerprint density at radius 1 is 1.11 bits per heavy atom. The molecule has 19 heavy (non-hydrogen) atoms. The van der Waals surface area contributed by atoms with Gasteiger partial charge in [0.05, 0.1) is 10.7 Å². The molecule has 2 aromatic rings. The van der Waals surface area contributed by atoms with Crippen molar-refractivity contribution >= 4 is 40.3 Å².